The van der Waals surface area contributed by atoms with Crippen LogP contribution in [0.4, 0.5) is 4.79 Å². The van der Waals surface area contributed by atoms with Crippen molar-refractivity contribution in [3.8, 4) is 0 Å². The Kier molecular flexibility index (Phi) is 11.9. The van der Waals surface area contributed by atoms with Crippen molar-refractivity contribution in [2.45, 2.75) is 45.1 Å². The standard InChI is InChI=1S/C28H42N4O5/c1-21-18-22(9-11-27(33)31-35)8-10-24(21)20-32(15-17-37-28(34)29-13-5-16-36-2)14-12-23-19-30-26-7-4-3-6-25(23)26/h6,8-11,18-19,21,24,26,30,35H,3-5,7,12-17,20H2,1-2H3,(H,29,34)(H,31,33)/b11-9+. The molecular formula is C28H42N4O5. The van der Waals surface area contributed by atoms with Gasteiger partial charge >= 0.3 is 6.09 Å². The second-order valence-corrected chi connectivity index (χ2v) is 9.80. The molecule has 3 rings (SSSR count). The molecular weight excluding hydrogens is 472 g/mol. The fourth-order valence-corrected chi connectivity index (χ4v) is 4.94. The summed E-state index contributed by atoms with van der Waals surface area (Å²) in [7, 11) is 1.64. The Balaban J connectivity index is 1.54. The number of hydroxylamine groups is 1. The SMILES string of the molecule is COCCCNC(=O)OCCN(CCC1=CNC2CCCC=C12)CC1C=CC(/C=C/C(=O)NO)=CC1C. The first-order chi connectivity index (χ1) is 18.0. The van der Waals surface area contributed by atoms with Gasteiger partial charge in [0, 0.05) is 52.2 Å². The van der Waals surface area contributed by atoms with Gasteiger partial charge in [-0.3, -0.25) is 14.9 Å². The van der Waals surface area contributed by atoms with Gasteiger partial charge < -0.3 is 20.1 Å². The average Bonchev–Trinajstić information content (AvgIpc) is 3.32. The highest BCUT2D eigenvalue weighted by atomic mass is 16.5. The van der Waals surface area contributed by atoms with E-state index >= 15 is 0 Å². The number of nitrogens with zero attached hydrogens (tertiary/aromatic N) is 1. The number of methoxy groups -OCH3 is 1. The third-order valence-electron chi connectivity index (χ3n) is 7.07. The number of ether oxygens (including phenoxy) is 2. The van der Waals surface area contributed by atoms with Crippen LogP contribution >= 0.6 is 0 Å². The average molecular weight is 515 g/mol. The van der Waals surface area contributed by atoms with Crippen LogP contribution in [0.1, 0.15) is 39.0 Å². The van der Waals surface area contributed by atoms with Gasteiger partial charge in [0.25, 0.3) is 5.91 Å². The maximum Gasteiger partial charge on any atom is 0.407 e. The van der Waals surface area contributed by atoms with Crippen LogP contribution in [0.5, 0.6) is 0 Å². The molecule has 3 unspecified atom stereocenters. The number of rotatable bonds is 14. The number of allylic oxidation sites excluding steroid dienone is 5. The smallest absolute Gasteiger partial charge is 0.407 e. The molecule has 4 N–H and O–H groups in total. The molecule has 0 spiro atoms. The number of carbonyl (C=O) groups excluding carboxylic acids is 2. The minimum atomic E-state index is -0.552. The van der Waals surface area contributed by atoms with Crippen LogP contribution in [-0.2, 0) is 14.3 Å². The molecule has 0 aromatic heterocycles. The summed E-state index contributed by atoms with van der Waals surface area (Å²) >= 11 is 0. The number of hydrogen-bond donors (Lipinski definition) is 4. The van der Waals surface area contributed by atoms with Crippen LogP contribution in [0.2, 0.25) is 0 Å². The van der Waals surface area contributed by atoms with Crippen molar-refractivity contribution in [1.29, 1.82) is 0 Å². The Hall–Kier alpha value is -2.88. The van der Waals surface area contributed by atoms with E-state index in [1.54, 1.807) is 18.7 Å². The number of amides is 2. The summed E-state index contributed by atoms with van der Waals surface area (Å²) in [6, 6.07) is 0.466. The van der Waals surface area contributed by atoms with Gasteiger partial charge in [-0.1, -0.05) is 31.2 Å². The summed E-state index contributed by atoms with van der Waals surface area (Å²) < 4.78 is 10.4. The third-order valence-corrected chi connectivity index (χ3v) is 7.07. The van der Waals surface area contributed by atoms with E-state index in [2.05, 4.69) is 46.9 Å². The number of alkyl carbamates (subject to hydrolysis) is 1. The molecule has 0 radical (unpaired) electrons. The van der Waals surface area contributed by atoms with Crippen LogP contribution in [-0.4, -0.2) is 74.7 Å². The highest BCUT2D eigenvalue weighted by molar-refractivity contribution is 5.87. The van der Waals surface area contributed by atoms with Crippen LogP contribution in [0.25, 0.3) is 0 Å². The molecule has 1 heterocycles. The van der Waals surface area contributed by atoms with Crippen molar-refractivity contribution in [3.63, 3.8) is 0 Å². The van der Waals surface area contributed by atoms with E-state index in [1.807, 2.05) is 6.08 Å². The van der Waals surface area contributed by atoms with Gasteiger partial charge in [-0.2, -0.15) is 0 Å². The molecule has 0 aromatic carbocycles. The largest absolute Gasteiger partial charge is 0.448 e. The number of carbonyl (C=O) groups is 2. The van der Waals surface area contributed by atoms with Crippen LogP contribution < -0.4 is 16.1 Å². The van der Waals surface area contributed by atoms with Crippen molar-refractivity contribution in [3.05, 3.63) is 59.4 Å². The second-order valence-electron chi connectivity index (χ2n) is 9.80. The first-order valence-electron chi connectivity index (χ1n) is 13.3. The molecule has 0 bridgehead atoms. The lowest BCUT2D eigenvalue weighted by atomic mass is 9.86. The summed E-state index contributed by atoms with van der Waals surface area (Å²) in [4.78, 5) is 25.7. The molecule has 0 fully saturated rings. The second kappa shape index (κ2) is 15.4. The predicted octanol–water partition coefficient (Wildman–Crippen LogP) is 3.22. The Morgan fingerprint density at radius 3 is 2.95 bits per heavy atom. The molecule has 9 heteroatoms. The summed E-state index contributed by atoms with van der Waals surface area (Å²) in [5, 5.41) is 15.0. The fraction of sp³-hybridized carbons (Fsp3) is 0.571. The molecule has 9 nitrogen and oxygen atoms in total. The van der Waals surface area contributed by atoms with Crippen molar-refractivity contribution < 1.29 is 24.3 Å². The van der Waals surface area contributed by atoms with E-state index in [9.17, 15) is 9.59 Å². The molecule has 1 aliphatic heterocycles. The molecule has 3 aliphatic rings. The van der Waals surface area contributed by atoms with Crippen LogP contribution in [0.3, 0.4) is 0 Å². The van der Waals surface area contributed by atoms with Crippen LogP contribution in [0, 0.1) is 11.8 Å². The van der Waals surface area contributed by atoms with E-state index < -0.39 is 12.0 Å². The predicted molar refractivity (Wildman–Crippen MR) is 143 cm³/mol. The number of fused-ring (bicyclic) bond motifs is 1. The molecule has 0 saturated heterocycles. The zero-order valence-electron chi connectivity index (χ0n) is 22.1. The van der Waals surface area contributed by atoms with Crippen molar-refractivity contribution in [1.82, 2.24) is 21.0 Å². The van der Waals surface area contributed by atoms with E-state index in [-0.39, 0.29) is 5.92 Å². The topological polar surface area (TPSA) is 112 Å². The summed E-state index contributed by atoms with van der Waals surface area (Å²) in [6.45, 7) is 5.98. The van der Waals surface area contributed by atoms with Gasteiger partial charge in [0.2, 0.25) is 0 Å². The van der Waals surface area contributed by atoms with Gasteiger partial charge in [0.05, 0.1) is 6.04 Å². The quantitative estimate of drug-likeness (QED) is 0.122. The van der Waals surface area contributed by atoms with Crippen molar-refractivity contribution in [2.75, 3.05) is 46.5 Å². The van der Waals surface area contributed by atoms with E-state index in [0.29, 0.717) is 38.3 Å². The van der Waals surface area contributed by atoms with E-state index in [1.165, 1.54) is 30.1 Å². The maximum atomic E-state index is 12.0. The van der Waals surface area contributed by atoms with Gasteiger partial charge in [0.1, 0.15) is 6.61 Å². The van der Waals surface area contributed by atoms with E-state index in [0.717, 1.165) is 37.9 Å². The summed E-state index contributed by atoms with van der Waals surface area (Å²) in [6.07, 6.45) is 18.8. The monoisotopic (exact) mass is 514 g/mol. The van der Waals surface area contributed by atoms with Gasteiger partial charge in [-0.25, -0.2) is 10.3 Å². The lowest BCUT2D eigenvalue weighted by Gasteiger charge is -2.30. The lowest BCUT2D eigenvalue weighted by molar-refractivity contribution is -0.124. The van der Waals surface area contributed by atoms with Gasteiger partial charge in [-0.05, 0) is 66.7 Å². The molecule has 2 amide bonds. The first-order valence-corrected chi connectivity index (χ1v) is 13.3. The minimum Gasteiger partial charge on any atom is -0.448 e. The van der Waals surface area contributed by atoms with Crippen molar-refractivity contribution in [2.24, 2.45) is 11.8 Å². The Morgan fingerprint density at radius 2 is 2.16 bits per heavy atom. The molecule has 204 valence electrons. The first kappa shape index (κ1) is 28.7. The zero-order chi connectivity index (χ0) is 26.5. The lowest BCUT2D eigenvalue weighted by Crippen LogP contribution is -2.37. The molecule has 0 aromatic rings. The Morgan fingerprint density at radius 1 is 1.30 bits per heavy atom. The van der Waals surface area contributed by atoms with Gasteiger partial charge in [0.15, 0.2) is 0 Å². The molecule has 3 atom stereocenters. The maximum absolute atomic E-state index is 12.0. The summed E-state index contributed by atoms with van der Waals surface area (Å²) in [5.41, 5.74) is 5.38. The van der Waals surface area contributed by atoms with Crippen molar-refractivity contribution >= 4 is 12.0 Å². The highest BCUT2D eigenvalue weighted by Crippen LogP contribution is 2.31. The minimum absolute atomic E-state index is 0.270. The Labute approximate surface area is 220 Å². The van der Waals surface area contributed by atoms with Crippen LogP contribution in [0.15, 0.2) is 59.4 Å². The fourth-order valence-electron chi connectivity index (χ4n) is 4.94. The Bertz CT molecular complexity index is 924. The molecule has 2 aliphatic carbocycles. The normalized spacial score (nSPS) is 22.7. The van der Waals surface area contributed by atoms with E-state index in [4.69, 9.17) is 14.7 Å². The molecule has 37 heavy (non-hydrogen) atoms. The highest BCUT2D eigenvalue weighted by Gasteiger charge is 2.26. The molecule has 0 saturated carbocycles. The number of hydrogen-bond acceptors (Lipinski definition) is 7. The number of nitrogens with one attached hydrogen (secondary N) is 3. The third kappa shape index (κ3) is 9.50. The van der Waals surface area contributed by atoms with Gasteiger partial charge in [-0.15, -0.1) is 0 Å². The summed E-state index contributed by atoms with van der Waals surface area (Å²) in [5.74, 6) is 0.0140. The zero-order valence-corrected chi connectivity index (χ0v) is 22.1.